The zero-order valence-corrected chi connectivity index (χ0v) is 57.3. The Balaban J connectivity index is 0.000000430. The summed E-state index contributed by atoms with van der Waals surface area (Å²) in [5.74, 6) is -6.52. The SMILES string of the molecule is O=S(=O)([O-])c1cc(O)c2c(O)c(N=Nc3cc(S(=O)(=O)O)cc4cc(S(=O)(=O)O)cc(O)c34)c(S(=O)(=O)[O-])cc2c1.O=S(=O)([O-])c1cc(O)c2c(O)c(N=Nc3cc(S(=O)(=O)O)cc4cc(S(=O)(=O)O)cc(O)c34)c(S(=O)(=O)[O-])cc2c1.[Na+].[Na+].[Na+].[Na+]. The molecular weight excluding hydrogens is 1360 g/mol. The second kappa shape index (κ2) is 26.5. The maximum Gasteiger partial charge on any atom is 1.00 e. The van der Waals surface area contributed by atoms with E-state index in [1.54, 1.807) is 0 Å². The number of hydrogen-bond donors (Lipinski definition) is 10. The number of phenolic OH excluding ortho intramolecular Hbond substituents is 6. The summed E-state index contributed by atoms with van der Waals surface area (Å²) >= 11 is 0. The molecule has 0 aromatic heterocycles. The molecule has 0 bridgehead atoms. The fourth-order valence-corrected chi connectivity index (χ4v) is 12.0. The van der Waals surface area contributed by atoms with Gasteiger partial charge in [-0.05, 0) is 94.3 Å². The number of benzene rings is 8. The molecule has 10 N–H and O–H groups in total. The van der Waals surface area contributed by atoms with Gasteiger partial charge in [0.05, 0.1) is 72.1 Å². The van der Waals surface area contributed by atoms with Crippen LogP contribution in [0.25, 0.3) is 43.1 Å². The van der Waals surface area contributed by atoms with Crippen molar-refractivity contribution in [2.75, 3.05) is 0 Å². The molecule has 0 aliphatic rings. The summed E-state index contributed by atoms with van der Waals surface area (Å²) in [7, 11) is -41.5. The molecule has 8 aromatic rings. The van der Waals surface area contributed by atoms with E-state index in [2.05, 4.69) is 20.5 Å². The van der Waals surface area contributed by atoms with Gasteiger partial charge < -0.3 is 48.9 Å². The van der Waals surface area contributed by atoms with Crippen molar-refractivity contribution in [3.05, 3.63) is 84.9 Å². The van der Waals surface area contributed by atoms with E-state index in [1.807, 2.05) is 0 Å². The van der Waals surface area contributed by atoms with Gasteiger partial charge in [-0.2, -0.15) is 33.7 Å². The molecule has 0 spiro atoms. The largest absolute Gasteiger partial charge is 1.00 e. The van der Waals surface area contributed by atoms with Gasteiger partial charge in [0.1, 0.15) is 74.8 Å². The maximum atomic E-state index is 12.0. The zero-order chi connectivity index (χ0) is 61.7. The van der Waals surface area contributed by atoms with Gasteiger partial charge in [-0.1, -0.05) is 0 Å². The molecule has 8 rings (SSSR count). The third-order valence-electron chi connectivity index (χ3n) is 10.9. The number of rotatable bonds is 12. The van der Waals surface area contributed by atoms with E-state index in [1.165, 1.54) is 0 Å². The van der Waals surface area contributed by atoms with Crippen LogP contribution in [-0.2, 0) is 80.9 Å². The van der Waals surface area contributed by atoms with Gasteiger partial charge in [-0.25, -0.2) is 33.7 Å². The van der Waals surface area contributed by atoms with E-state index in [0.29, 0.717) is 84.9 Å². The Bertz CT molecular complexity index is 4900. The first-order valence-corrected chi connectivity index (χ1v) is 31.8. The predicted octanol–water partition coefficient (Wildman–Crippen LogP) is -8.33. The Morgan fingerprint density at radius 2 is 0.500 bits per heavy atom. The summed E-state index contributed by atoms with van der Waals surface area (Å²) in [6.45, 7) is 0. The fourth-order valence-electron chi connectivity index (χ4n) is 7.53. The van der Waals surface area contributed by atoms with Gasteiger partial charge >= 0.3 is 118 Å². The van der Waals surface area contributed by atoms with Crippen LogP contribution in [0.4, 0.5) is 22.7 Å². The first kappa shape index (κ1) is 76.3. The van der Waals surface area contributed by atoms with Gasteiger partial charge in [-0.15, -0.1) is 20.5 Å². The quantitative estimate of drug-likeness (QED) is 0.0308. The van der Waals surface area contributed by atoms with E-state index in [-0.39, 0.29) is 118 Å². The molecule has 0 saturated carbocycles. The summed E-state index contributed by atoms with van der Waals surface area (Å²) in [5.41, 5.74) is -3.75. The third kappa shape index (κ3) is 16.5. The van der Waals surface area contributed by atoms with Gasteiger partial charge in [0.15, 0.2) is 11.5 Å². The Morgan fingerprint density at radius 1 is 0.279 bits per heavy atom. The van der Waals surface area contributed by atoms with Crippen molar-refractivity contribution in [3.8, 4) is 34.5 Å². The summed E-state index contributed by atoms with van der Waals surface area (Å²) < 4.78 is 271. The van der Waals surface area contributed by atoms with Crippen molar-refractivity contribution >= 4 is 147 Å². The monoisotopic (exact) mass is 1390 g/mol. The minimum absolute atomic E-state index is 0. The minimum atomic E-state index is -5.57. The number of nitrogens with zero attached hydrogens (tertiary/aromatic N) is 4. The van der Waals surface area contributed by atoms with Crippen LogP contribution in [0.1, 0.15) is 0 Å². The second-order valence-corrected chi connectivity index (χ2v) is 27.4. The van der Waals surface area contributed by atoms with E-state index in [0.717, 1.165) is 0 Å². The molecule has 86 heavy (non-hydrogen) atoms. The first-order chi connectivity index (χ1) is 37.2. The molecule has 8 aromatic carbocycles. The molecule has 0 heterocycles. The van der Waals surface area contributed by atoms with Gasteiger partial charge in [0, 0.05) is 12.1 Å². The predicted molar refractivity (Wildman–Crippen MR) is 265 cm³/mol. The molecule has 0 aliphatic heterocycles. The molecule has 0 unspecified atom stereocenters. The second-order valence-electron chi connectivity index (χ2n) is 16.3. The molecule has 0 radical (unpaired) electrons. The van der Waals surface area contributed by atoms with Gasteiger partial charge in [-0.3, -0.25) is 18.2 Å². The summed E-state index contributed by atoms with van der Waals surface area (Å²) in [6, 6.07) is 7.83. The third-order valence-corrected chi connectivity index (χ3v) is 17.6. The molecule has 0 atom stereocenters. The Kier molecular flexibility index (Phi) is 23.5. The van der Waals surface area contributed by atoms with Crippen molar-refractivity contribution in [1.29, 1.82) is 0 Å². The average Bonchev–Trinajstić information content (AvgIpc) is 1.31. The van der Waals surface area contributed by atoms with E-state index in [4.69, 9.17) is 0 Å². The molecule has 436 valence electrons. The normalized spacial score (nSPS) is 12.7. The summed E-state index contributed by atoms with van der Waals surface area (Å²) in [5, 5.41) is 72.2. The molecular formula is C40H24N4Na4O30S8. The number of fused-ring (bicyclic) bond motifs is 4. The zero-order valence-electron chi connectivity index (χ0n) is 42.8. The maximum absolute atomic E-state index is 12.0. The molecule has 0 amide bonds. The van der Waals surface area contributed by atoms with Crippen LogP contribution in [0.5, 0.6) is 34.5 Å². The average molecular weight is 1390 g/mol. The number of phenols is 6. The van der Waals surface area contributed by atoms with E-state index in [9.17, 15) is 134 Å². The van der Waals surface area contributed by atoms with E-state index < -0.39 is 220 Å². The van der Waals surface area contributed by atoms with Crippen LogP contribution in [0.15, 0.2) is 145 Å². The van der Waals surface area contributed by atoms with Crippen LogP contribution in [0, 0.1) is 0 Å². The van der Waals surface area contributed by atoms with Crippen LogP contribution < -0.4 is 118 Å². The molecule has 0 aliphatic carbocycles. The molecule has 34 nitrogen and oxygen atoms in total. The van der Waals surface area contributed by atoms with Crippen LogP contribution in [0.3, 0.4) is 0 Å². The van der Waals surface area contributed by atoms with Crippen molar-refractivity contribution in [2.45, 2.75) is 39.2 Å². The van der Waals surface area contributed by atoms with Crippen molar-refractivity contribution in [1.82, 2.24) is 0 Å². The van der Waals surface area contributed by atoms with E-state index >= 15 is 0 Å². The Hall–Kier alpha value is -3.92. The molecule has 46 heteroatoms. The van der Waals surface area contributed by atoms with Crippen LogP contribution in [0.2, 0.25) is 0 Å². The number of aromatic hydroxyl groups is 6. The smallest absolute Gasteiger partial charge is 0.744 e. The summed E-state index contributed by atoms with van der Waals surface area (Å²) in [4.78, 5) is -8.49. The Labute approximate surface area is 571 Å². The fraction of sp³-hybridized carbons (Fsp3) is 0. The topological polar surface area (TPSA) is 617 Å². The minimum Gasteiger partial charge on any atom is -0.744 e. The first-order valence-electron chi connectivity index (χ1n) is 20.4. The standard InChI is InChI=1S/2C20H14N2O15S4.4Na/c2*23-14-6-11(39(29,30)31)2-8-1-10(38(26,27)28)5-13(17(8)14)21-22-19-16(41(35,36)37)4-9-3-12(40(32,33)34)7-15(24)18(9)20(19)25;;;;/h2*1-7,23-25H,(H,26,27,28)(H,29,30,31)(H,32,33,34)(H,35,36,37);;;;/q;;4*+1/p-4. The number of hydrogen-bond acceptors (Lipinski definition) is 30. The van der Waals surface area contributed by atoms with Crippen molar-refractivity contribution < 1.29 is 253 Å². The van der Waals surface area contributed by atoms with Crippen molar-refractivity contribution in [3.63, 3.8) is 0 Å². The van der Waals surface area contributed by atoms with Crippen LogP contribution in [-0.4, -0.2) is 134 Å². The summed E-state index contributed by atoms with van der Waals surface area (Å²) in [6.07, 6.45) is 0. The van der Waals surface area contributed by atoms with Gasteiger partial charge in [0.2, 0.25) is 0 Å². The number of azo groups is 2. The van der Waals surface area contributed by atoms with Crippen LogP contribution >= 0.6 is 0 Å². The Morgan fingerprint density at radius 3 is 0.744 bits per heavy atom. The molecule has 0 fully saturated rings. The van der Waals surface area contributed by atoms with Gasteiger partial charge in [0.25, 0.3) is 40.5 Å². The molecule has 0 saturated heterocycles. The van der Waals surface area contributed by atoms with Crippen molar-refractivity contribution in [2.24, 2.45) is 20.5 Å².